The lowest BCUT2D eigenvalue weighted by molar-refractivity contribution is 0.414. The Kier molecular flexibility index (Phi) is 3.14. The highest BCUT2D eigenvalue weighted by atomic mass is 79.9. The average Bonchev–Trinajstić information content (AvgIpc) is 2.77. The van der Waals surface area contributed by atoms with Crippen molar-refractivity contribution in [3.8, 4) is 5.75 Å². The summed E-state index contributed by atoms with van der Waals surface area (Å²) in [7, 11) is 1.69. The number of methoxy groups -OCH3 is 1. The minimum Gasteiger partial charge on any atom is -0.497 e. The number of ether oxygens (including phenoxy) is 1. The first-order chi connectivity index (χ1) is 8.79. The van der Waals surface area contributed by atoms with E-state index in [-0.39, 0.29) is 4.95 Å². The van der Waals surface area contributed by atoms with E-state index in [1.165, 1.54) is 0 Å². The van der Waals surface area contributed by atoms with Crippen molar-refractivity contribution in [2.45, 2.75) is 11.0 Å². The third-order valence-electron chi connectivity index (χ3n) is 3.36. The van der Waals surface area contributed by atoms with Gasteiger partial charge in [0.25, 0.3) is 0 Å². The van der Waals surface area contributed by atoms with E-state index in [0.717, 1.165) is 11.4 Å². The van der Waals surface area contributed by atoms with Gasteiger partial charge in [-0.1, -0.05) is 46.3 Å². The monoisotopic (exact) mass is 306 g/mol. The number of hydrogen-bond acceptors (Lipinski definition) is 3. The van der Waals surface area contributed by atoms with Gasteiger partial charge in [0.15, 0.2) is 0 Å². The Morgan fingerprint density at radius 2 is 2.11 bits per heavy atom. The van der Waals surface area contributed by atoms with Gasteiger partial charge >= 0.3 is 0 Å². The van der Waals surface area contributed by atoms with Crippen LogP contribution in [0.25, 0.3) is 0 Å². The van der Waals surface area contributed by atoms with Crippen molar-refractivity contribution in [3.63, 3.8) is 0 Å². The van der Waals surface area contributed by atoms with Gasteiger partial charge in [-0.05, 0) is 12.1 Å². The van der Waals surface area contributed by atoms with Crippen molar-refractivity contribution in [2.75, 3.05) is 12.1 Å². The number of nitrogens with one attached hydrogen (secondary N) is 1. The van der Waals surface area contributed by atoms with Gasteiger partial charge in [0, 0.05) is 12.0 Å². The van der Waals surface area contributed by atoms with Gasteiger partial charge < -0.3 is 4.74 Å². The van der Waals surface area contributed by atoms with Crippen molar-refractivity contribution in [3.05, 3.63) is 48.6 Å². The van der Waals surface area contributed by atoms with Crippen LogP contribution in [0.15, 0.2) is 48.6 Å². The van der Waals surface area contributed by atoms with Crippen LogP contribution in [0.4, 0.5) is 5.69 Å². The Labute approximate surface area is 115 Å². The first-order valence-electron chi connectivity index (χ1n) is 5.98. The number of fused-ring (bicyclic) bond motifs is 1. The summed E-state index contributed by atoms with van der Waals surface area (Å²) >= 11 is 3.77. The second-order valence-corrected chi connectivity index (χ2v) is 5.38. The van der Waals surface area contributed by atoms with Crippen LogP contribution in [0, 0.1) is 5.92 Å². The van der Waals surface area contributed by atoms with Crippen molar-refractivity contribution in [1.82, 2.24) is 5.43 Å². The predicted octanol–water partition coefficient (Wildman–Crippen LogP) is 2.85. The topological polar surface area (TPSA) is 24.5 Å². The average molecular weight is 307 g/mol. The number of anilines is 1. The maximum absolute atomic E-state index is 5.27. The number of benzene rings is 1. The molecule has 94 valence electrons. The lowest BCUT2D eigenvalue weighted by atomic mass is 9.97. The Morgan fingerprint density at radius 3 is 2.89 bits per heavy atom. The zero-order chi connectivity index (χ0) is 12.5. The van der Waals surface area contributed by atoms with Crippen LogP contribution in [-0.4, -0.2) is 18.1 Å². The molecule has 1 aromatic rings. The first kappa shape index (κ1) is 11.8. The quantitative estimate of drug-likeness (QED) is 0.672. The van der Waals surface area contributed by atoms with E-state index in [9.17, 15) is 0 Å². The molecular weight excluding hydrogens is 292 g/mol. The maximum Gasteiger partial charge on any atom is 0.120 e. The zero-order valence-corrected chi connectivity index (χ0v) is 11.7. The Balaban J connectivity index is 1.88. The molecule has 1 aliphatic carbocycles. The Bertz CT molecular complexity index is 500. The Morgan fingerprint density at radius 1 is 1.28 bits per heavy atom. The summed E-state index contributed by atoms with van der Waals surface area (Å²) < 4.78 is 5.27. The van der Waals surface area contributed by atoms with Gasteiger partial charge in [-0.15, -0.1) is 0 Å². The van der Waals surface area contributed by atoms with E-state index >= 15 is 0 Å². The molecule has 0 spiro atoms. The van der Waals surface area contributed by atoms with E-state index in [2.05, 4.69) is 56.7 Å². The van der Waals surface area contributed by atoms with Gasteiger partial charge in [0.2, 0.25) is 0 Å². The molecule has 0 radical (unpaired) electrons. The van der Waals surface area contributed by atoms with Crippen molar-refractivity contribution >= 4 is 21.6 Å². The summed E-state index contributed by atoms with van der Waals surface area (Å²) in [5, 5.41) is 2.15. The molecule has 3 nitrogen and oxygen atoms in total. The number of hydrazine groups is 1. The molecule has 4 heteroatoms. The number of rotatable bonds is 2. The standard InChI is InChI=1S/C14H15BrN2O/c1-18-11-6-4-5-10(9-11)17-14(15)12-7-2-3-8-13(12)16-17/h2-9,12-14,16H,1H3. The van der Waals surface area contributed by atoms with Crippen molar-refractivity contribution in [1.29, 1.82) is 0 Å². The van der Waals surface area contributed by atoms with Crippen LogP contribution in [-0.2, 0) is 0 Å². The van der Waals surface area contributed by atoms with Crippen LogP contribution >= 0.6 is 15.9 Å². The molecule has 1 heterocycles. The summed E-state index contributed by atoms with van der Waals surface area (Å²) in [6, 6.07) is 8.42. The predicted molar refractivity (Wildman–Crippen MR) is 76.9 cm³/mol. The summed E-state index contributed by atoms with van der Waals surface area (Å²) in [6.45, 7) is 0. The molecule has 1 aliphatic heterocycles. The fourth-order valence-electron chi connectivity index (χ4n) is 2.40. The highest BCUT2D eigenvalue weighted by Crippen LogP contribution is 2.35. The van der Waals surface area contributed by atoms with Crippen LogP contribution in [0.3, 0.4) is 0 Å². The molecule has 1 fully saturated rings. The minimum atomic E-state index is 0.246. The van der Waals surface area contributed by atoms with E-state index in [1.54, 1.807) is 7.11 Å². The van der Waals surface area contributed by atoms with Crippen molar-refractivity contribution < 1.29 is 4.74 Å². The highest BCUT2D eigenvalue weighted by Gasteiger charge is 2.38. The fourth-order valence-corrected chi connectivity index (χ4v) is 3.26. The van der Waals surface area contributed by atoms with Gasteiger partial charge in [0.1, 0.15) is 10.7 Å². The number of hydrogen-bond donors (Lipinski definition) is 1. The molecule has 0 bridgehead atoms. The van der Waals surface area contributed by atoms with Gasteiger partial charge in [-0.2, -0.15) is 0 Å². The van der Waals surface area contributed by atoms with Gasteiger partial charge in [0.05, 0.1) is 18.8 Å². The van der Waals surface area contributed by atoms with Gasteiger partial charge in [-0.25, -0.2) is 5.43 Å². The fraction of sp³-hybridized carbons (Fsp3) is 0.286. The molecule has 1 saturated heterocycles. The molecule has 3 atom stereocenters. The highest BCUT2D eigenvalue weighted by molar-refractivity contribution is 9.09. The van der Waals surface area contributed by atoms with E-state index < -0.39 is 0 Å². The maximum atomic E-state index is 5.27. The molecule has 3 unspecified atom stereocenters. The number of nitrogens with zero attached hydrogens (tertiary/aromatic N) is 1. The van der Waals surface area contributed by atoms with Crippen LogP contribution in [0.2, 0.25) is 0 Å². The largest absolute Gasteiger partial charge is 0.497 e. The first-order valence-corrected chi connectivity index (χ1v) is 6.90. The van der Waals surface area contributed by atoms with E-state index in [0.29, 0.717) is 12.0 Å². The summed E-state index contributed by atoms with van der Waals surface area (Å²) in [4.78, 5) is 0.246. The second-order valence-electron chi connectivity index (χ2n) is 4.45. The van der Waals surface area contributed by atoms with Crippen LogP contribution in [0.5, 0.6) is 5.75 Å². The molecule has 18 heavy (non-hydrogen) atoms. The smallest absolute Gasteiger partial charge is 0.120 e. The molecular formula is C14H15BrN2O. The molecule has 0 aromatic heterocycles. The van der Waals surface area contributed by atoms with Gasteiger partial charge in [-0.3, -0.25) is 5.01 Å². The lowest BCUT2D eigenvalue weighted by Crippen LogP contribution is -2.37. The molecule has 1 N–H and O–H groups in total. The molecule has 0 amide bonds. The summed E-state index contributed by atoms with van der Waals surface area (Å²) in [6.07, 6.45) is 8.62. The number of halogens is 1. The molecule has 1 aromatic carbocycles. The summed E-state index contributed by atoms with van der Waals surface area (Å²) in [5.41, 5.74) is 4.61. The molecule has 3 rings (SSSR count). The Hall–Kier alpha value is -1.26. The lowest BCUT2D eigenvalue weighted by Gasteiger charge is -2.23. The van der Waals surface area contributed by atoms with Crippen LogP contribution < -0.4 is 15.2 Å². The summed E-state index contributed by atoms with van der Waals surface area (Å²) in [5.74, 6) is 1.32. The second kappa shape index (κ2) is 4.78. The zero-order valence-electron chi connectivity index (χ0n) is 10.1. The normalized spacial score (nSPS) is 29.4. The SMILES string of the molecule is COc1cccc(N2NC3C=CC=CC3C2Br)c1. The number of allylic oxidation sites excluding steroid dienone is 2. The number of alkyl halides is 1. The molecule has 2 aliphatic rings. The third-order valence-corrected chi connectivity index (χ3v) is 4.38. The van der Waals surface area contributed by atoms with Crippen LogP contribution in [0.1, 0.15) is 0 Å². The van der Waals surface area contributed by atoms with Crippen molar-refractivity contribution in [2.24, 2.45) is 5.92 Å². The van der Waals surface area contributed by atoms with E-state index in [1.807, 2.05) is 18.2 Å². The molecule has 0 saturated carbocycles. The minimum absolute atomic E-state index is 0.246. The van der Waals surface area contributed by atoms with E-state index in [4.69, 9.17) is 4.74 Å². The third kappa shape index (κ3) is 1.95.